The van der Waals surface area contributed by atoms with Crippen LogP contribution in [0.4, 0.5) is 5.69 Å². The minimum atomic E-state index is -3.78. The number of carbonyl (C=O) groups excluding carboxylic acids is 1. The topological polar surface area (TPSA) is 57.7 Å². The van der Waals surface area contributed by atoms with Crippen LogP contribution in [0.15, 0.2) is 83.8 Å². The Morgan fingerprint density at radius 1 is 0.903 bits per heavy atom. The van der Waals surface area contributed by atoms with Crippen LogP contribution in [0.2, 0.25) is 0 Å². The van der Waals surface area contributed by atoms with E-state index in [1.165, 1.54) is 9.87 Å². The normalized spacial score (nSPS) is 13.5. The van der Waals surface area contributed by atoms with Crippen molar-refractivity contribution < 1.29 is 13.2 Å². The smallest absolute Gasteiger partial charge is 0.264 e. The molecule has 1 aliphatic heterocycles. The molecule has 0 bridgehead atoms. The molecule has 3 aromatic carbocycles. The van der Waals surface area contributed by atoms with Crippen molar-refractivity contribution in [3.8, 4) is 0 Å². The van der Waals surface area contributed by atoms with Gasteiger partial charge in [-0.3, -0.25) is 9.10 Å². The average Bonchev–Trinajstić information content (AvgIpc) is 2.80. The highest BCUT2D eigenvalue weighted by molar-refractivity contribution is 7.92. The molecule has 0 saturated heterocycles. The van der Waals surface area contributed by atoms with Gasteiger partial charge in [0.15, 0.2) is 0 Å². The summed E-state index contributed by atoms with van der Waals surface area (Å²) in [5, 5.41) is 0. The largest absolute Gasteiger partial charge is 0.338 e. The Balaban J connectivity index is 1.54. The van der Waals surface area contributed by atoms with Crippen LogP contribution in [-0.4, -0.2) is 32.3 Å². The SMILES string of the molecule is Cc1ccc(N(CCC(=O)N2CCc3ccccc3C2)S(=O)(=O)c2ccccc2)cc1. The molecule has 5 nitrogen and oxygen atoms in total. The van der Waals surface area contributed by atoms with E-state index in [0.717, 1.165) is 17.5 Å². The van der Waals surface area contributed by atoms with Crippen molar-refractivity contribution in [3.63, 3.8) is 0 Å². The molecule has 31 heavy (non-hydrogen) atoms. The van der Waals surface area contributed by atoms with E-state index in [9.17, 15) is 13.2 Å². The summed E-state index contributed by atoms with van der Waals surface area (Å²) in [4.78, 5) is 15.0. The number of benzene rings is 3. The summed E-state index contributed by atoms with van der Waals surface area (Å²) in [6, 6.07) is 23.9. The van der Waals surface area contributed by atoms with E-state index in [2.05, 4.69) is 6.07 Å². The fourth-order valence-electron chi connectivity index (χ4n) is 3.88. The van der Waals surface area contributed by atoms with Crippen LogP contribution < -0.4 is 4.31 Å². The summed E-state index contributed by atoms with van der Waals surface area (Å²) in [6.45, 7) is 3.28. The summed E-state index contributed by atoms with van der Waals surface area (Å²) < 4.78 is 28.1. The number of aryl methyl sites for hydroxylation is 1. The van der Waals surface area contributed by atoms with Crippen LogP contribution in [0.1, 0.15) is 23.1 Å². The highest BCUT2D eigenvalue weighted by atomic mass is 32.2. The molecule has 1 heterocycles. The molecule has 3 aromatic rings. The number of hydrogen-bond acceptors (Lipinski definition) is 3. The first-order valence-corrected chi connectivity index (χ1v) is 11.9. The Morgan fingerprint density at radius 2 is 1.55 bits per heavy atom. The van der Waals surface area contributed by atoms with Gasteiger partial charge in [0.25, 0.3) is 10.0 Å². The van der Waals surface area contributed by atoms with Crippen LogP contribution in [0, 0.1) is 6.92 Å². The zero-order valence-electron chi connectivity index (χ0n) is 17.6. The Kier molecular flexibility index (Phi) is 6.09. The molecule has 0 atom stereocenters. The van der Waals surface area contributed by atoms with E-state index < -0.39 is 10.0 Å². The molecule has 0 unspecified atom stereocenters. The first-order valence-electron chi connectivity index (χ1n) is 10.4. The number of carbonyl (C=O) groups is 1. The third-order valence-electron chi connectivity index (χ3n) is 5.67. The summed E-state index contributed by atoms with van der Waals surface area (Å²) >= 11 is 0. The third kappa shape index (κ3) is 4.64. The van der Waals surface area contributed by atoms with E-state index in [0.29, 0.717) is 18.8 Å². The summed E-state index contributed by atoms with van der Waals surface area (Å²) in [5.74, 6) is -0.0325. The number of fused-ring (bicyclic) bond motifs is 1. The fraction of sp³-hybridized carbons (Fsp3) is 0.240. The van der Waals surface area contributed by atoms with Gasteiger partial charge < -0.3 is 4.90 Å². The molecule has 0 spiro atoms. The highest BCUT2D eigenvalue weighted by Gasteiger charge is 2.27. The van der Waals surface area contributed by atoms with E-state index in [4.69, 9.17) is 0 Å². The van der Waals surface area contributed by atoms with Crippen LogP contribution in [0.25, 0.3) is 0 Å². The van der Waals surface area contributed by atoms with Gasteiger partial charge in [0.05, 0.1) is 10.6 Å². The lowest BCUT2D eigenvalue weighted by atomic mass is 10.00. The predicted octanol–water partition coefficient (Wildman–Crippen LogP) is 4.17. The lowest BCUT2D eigenvalue weighted by Gasteiger charge is -2.30. The van der Waals surface area contributed by atoms with Gasteiger partial charge >= 0.3 is 0 Å². The molecule has 1 amide bonds. The zero-order valence-corrected chi connectivity index (χ0v) is 18.4. The Labute approximate surface area is 184 Å². The second-order valence-electron chi connectivity index (χ2n) is 7.81. The van der Waals surface area contributed by atoms with Crippen molar-refractivity contribution >= 4 is 21.6 Å². The van der Waals surface area contributed by atoms with Crippen molar-refractivity contribution in [2.45, 2.75) is 31.2 Å². The number of hydrogen-bond donors (Lipinski definition) is 0. The number of anilines is 1. The lowest BCUT2D eigenvalue weighted by Crippen LogP contribution is -2.39. The molecule has 160 valence electrons. The minimum Gasteiger partial charge on any atom is -0.338 e. The summed E-state index contributed by atoms with van der Waals surface area (Å²) in [7, 11) is -3.78. The number of rotatable bonds is 6. The first-order chi connectivity index (χ1) is 14.9. The molecular weight excluding hydrogens is 408 g/mol. The fourth-order valence-corrected chi connectivity index (χ4v) is 5.37. The maximum absolute atomic E-state index is 13.4. The predicted molar refractivity (Wildman–Crippen MR) is 122 cm³/mol. The molecule has 0 fully saturated rings. The minimum absolute atomic E-state index is 0.0325. The van der Waals surface area contributed by atoms with Crippen LogP contribution in [0.3, 0.4) is 0 Å². The van der Waals surface area contributed by atoms with E-state index >= 15 is 0 Å². The van der Waals surface area contributed by atoms with Crippen LogP contribution in [-0.2, 0) is 27.8 Å². The van der Waals surface area contributed by atoms with Gasteiger partial charge in [-0.05, 0) is 48.7 Å². The van der Waals surface area contributed by atoms with E-state index in [1.54, 1.807) is 42.5 Å². The first kappa shape index (κ1) is 21.1. The quantitative estimate of drug-likeness (QED) is 0.585. The molecule has 0 N–H and O–H groups in total. The van der Waals surface area contributed by atoms with Gasteiger partial charge in [0.1, 0.15) is 0 Å². The van der Waals surface area contributed by atoms with Gasteiger partial charge in [0, 0.05) is 26.1 Å². The van der Waals surface area contributed by atoms with Crippen molar-refractivity contribution in [3.05, 3.63) is 95.6 Å². The number of sulfonamides is 1. The summed E-state index contributed by atoms with van der Waals surface area (Å²) in [6.07, 6.45) is 0.952. The van der Waals surface area contributed by atoms with Gasteiger partial charge in [-0.15, -0.1) is 0 Å². The number of nitrogens with zero attached hydrogens (tertiary/aromatic N) is 2. The van der Waals surface area contributed by atoms with Crippen molar-refractivity contribution in [2.24, 2.45) is 0 Å². The second-order valence-corrected chi connectivity index (χ2v) is 9.67. The zero-order chi connectivity index (χ0) is 21.8. The molecule has 4 rings (SSSR count). The standard InChI is InChI=1S/C25H26N2O3S/c1-20-11-13-23(14-12-20)27(31(29,30)24-9-3-2-4-10-24)18-16-25(28)26-17-15-21-7-5-6-8-22(21)19-26/h2-14H,15-19H2,1H3. The van der Waals surface area contributed by atoms with Crippen LogP contribution >= 0.6 is 0 Å². The molecule has 0 aliphatic carbocycles. The Morgan fingerprint density at radius 3 is 2.26 bits per heavy atom. The lowest BCUT2D eigenvalue weighted by molar-refractivity contribution is -0.131. The summed E-state index contributed by atoms with van der Waals surface area (Å²) in [5.41, 5.74) is 4.05. The molecule has 0 aromatic heterocycles. The van der Waals surface area contributed by atoms with Crippen molar-refractivity contribution in [2.75, 3.05) is 17.4 Å². The third-order valence-corrected chi connectivity index (χ3v) is 7.51. The molecule has 0 saturated carbocycles. The monoisotopic (exact) mass is 434 g/mol. The van der Waals surface area contributed by atoms with Crippen molar-refractivity contribution in [1.82, 2.24) is 4.90 Å². The van der Waals surface area contributed by atoms with Gasteiger partial charge in [-0.25, -0.2) is 8.42 Å². The van der Waals surface area contributed by atoms with E-state index in [-0.39, 0.29) is 23.8 Å². The maximum Gasteiger partial charge on any atom is 0.264 e. The Hall–Kier alpha value is -3.12. The average molecular weight is 435 g/mol. The molecule has 0 radical (unpaired) electrons. The highest BCUT2D eigenvalue weighted by Crippen LogP contribution is 2.25. The number of amides is 1. The van der Waals surface area contributed by atoms with Gasteiger partial charge in [-0.1, -0.05) is 60.2 Å². The van der Waals surface area contributed by atoms with Gasteiger partial charge in [0.2, 0.25) is 5.91 Å². The van der Waals surface area contributed by atoms with Crippen molar-refractivity contribution in [1.29, 1.82) is 0 Å². The Bertz CT molecular complexity index is 1160. The van der Waals surface area contributed by atoms with Crippen LogP contribution in [0.5, 0.6) is 0 Å². The second kappa shape index (κ2) is 8.94. The molecule has 1 aliphatic rings. The molecule has 6 heteroatoms. The van der Waals surface area contributed by atoms with Gasteiger partial charge in [-0.2, -0.15) is 0 Å². The van der Waals surface area contributed by atoms with E-state index in [1.807, 2.05) is 42.2 Å². The molecular formula is C25H26N2O3S. The maximum atomic E-state index is 13.4.